The zero-order valence-electron chi connectivity index (χ0n) is 6.57. The molecule has 2 heterocycles. The predicted molar refractivity (Wildman–Crippen MR) is 43.0 cm³/mol. The predicted octanol–water partition coefficient (Wildman–Crippen LogP) is 1.38. The standard InChI is InChI=1S/C5H4N4.C2H6/c1-4-2-8-9-5(4)3-7-6-1;1-2/h1-3H,(H,8,9);1-2H3. The maximum atomic E-state index is 3.89. The Balaban J connectivity index is 0.000000281. The lowest BCUT2D eigenvalue weighted by molar-refractivity contribution is 1.04. The minimum atomic E-state index is 0.852. The normalized spacial score (nSPS) is 8.91. The van der Waals surface area contributed by atoms with Crippen LogP contribution in [0.5, 0.6) is 0 Å². The van der Waals surface area contributed by atoms with Crippen molar-refractivity contribution in [2.24, 2.45) is 0 Å². The lowest BCUT2D eigenvalue weighted by atomic mass is 10.4. The van der Waals surface area contributed by atoms with Crippen LogP contribution in [0, 0.1) is 0 Å². The van der Waals surface area contributed by atoms with E-state index in [9.17, 15) is 0 Å². The Morgan fingerprint density at radius 2 is 1.91 bits per heavy atom. The Bertz CT molecular complexity index is 284. The van der Waals surface area contributed by atoms with Gasteiger partial charge in [-0.05, 0) is 0 Å². The van der Waals surface area contributed by atoms with Crippen molar-refractivity contribution in [3.63, 3.8) is 0 Å². The van der Waals surface area contributed by atoms with Crippen molar-refractivity contribution in [1.29, 1.82) is 0 Å². The van der Waals surface area contributed by atoms with E-state index in [1.807, 2.05) is 13.8 Å². The molecule has 0 fully saturated rings. The molecule has 0 aliphatic heterocycles. The van der Waals surface area contributed by atoms with E-state index in [2.05, 4.69) is 20.4 Å². The monoisotopic (exact) mass is 150 g/mol. The van der Waals surface area contributed by atoms with Crippen LogP contribution in [-0.4, -0.2) is 20.4 Å². The molecule has 0 unspecified atom stereocenters. The van der Waals surface area contributed by atoms with Crippen molar-refractivity contribution in [2.45, 2.75) is 13.8 Å². The van der Waals surface area contributed by atoms with E-state index in [4.69, 9.17) is 0 Å². The van der Waals surface area contributed by atoms with Crippen molar-refractivity contribution in [2.75, 3.05) is 0 Å². The highest BCUT2D eigenvalue weighted by Crippen LogP contribution is 2.03. The summed E-state index contributed by atoms with van der Waals surface area (Å²) in [6.07, 6.45) is 5.06. The van der Waals surface area contributed by atoms with E-state index in [1.165, 1.54) is 0 Å². The van der Waals surface area contributed by atoms with Crippen LogP contribution in [0.4, 0.5) is 0 Å². The van der Waals surface area contributed by atoms with Crippen LogP contribution in [0.15, 0.2) is 18.6 Å². The number of aromatic amines is 1. The molecule has 4 nitrogen and oxygen atoms in total. The fourth-order valence-corrected chi connectivity index (χ4v) is 0.700. The number of rotatable bonds is 0. The molecule has 0 saturated carbocycles. The summed E-state index contributed by atoms with van der Waals surface area (Å²) in [5, 5.41) is 14.9. The topological polar surface area (TPSA) is 54.5 Å². The van der Waals surface area contributed by atoms with Gasteiger partial charge in [0.15, 0.2) is 0 Å². The smallest absolute Gasteiger partial charge is 0.114 e. The minimum Gasteiger partial charge on any atom is -0.284 e. The molecule has 1 N–H and O–H groups in total. The van der Waals surface area contributed by atoms with Gasteiger partial charge in [0.05, 0.1) is 12.4 Å². The van der Waals surface area contributed by atoms with Gasteiger partial charge in [-0.1, -0.05) is 13.8 Å². The Morgan fingerprint density at radius 1 is 1.18 bits per heavy atom. The van der Waals surface area contributed by atoms with Crippen LogP contribution >= 0.6 is 0 Å². The molecule has 0 bridgehead atoms. The SMILES string of the molecule is CC.c1nncc2n[nH]cc12. The van der Waals surface area contributed by atoms with Gasteiger partial charge in [-0.15, -0.1) is 0 Å². The molecule has 0 amide bonds. The quantitative estimate of drug-likeness (QED) is 0.617. The Morgan fingerprint density at radius 3 is 2.64 bits per heavy atom. The van der Waals surface area contributed by atoms with E-state index >= 15 is 0 Å². The maximum Gasteiger partial charge on any atom is 0.114 e. The van der Waals surface area contributed by atoms with Crippen LogP contribution in [0.1, 0.15) is 13.8 Å². The highest BCUT2D eigenvalue weighted by atomic mass is 15.1. The summed E-state index contributed by atoms with van der Waals surface area (Å²) >= 11 is 0. The van der Waals surface area contributed by atoms with Gasteiger partial charge in [0, 0.05) is 11.6 Å². The molecule has 2 aromatic rings. The zero-order chi connectivity index (χ0) is 8.10. The zero-order valence-corrected chi connectivity index (χ0v) is 6.57. The van der Waals surface area contributed by atoms with E-state index < -0.39 is 0 Å². The fraction of sp³-hybridized carbons (Fsp3) is 0.286. The first-order chi connectivity index (χ1) is 5.47. The highest BCUT2D eigenvalue weighted by Gasteiger charge is 1.91. The second-order valence-electron chi connectivity index (χ2n) is 1.71. The molecule has 0 saturated heterocycles. The lowest BCUT2D eigenvalue weighted by Gasteiger charge is -1.78. The first-order valence-corrected chi connectivity index (χ1v) is 3.57. The molecule has 4 heteroatoms. The minimum absolute atomic E-state index is 0.852. The van der Waals surface area contributed by atoms with E-state index in [1.54, 1.807) is 18.6 Å². The maximum absolute atomic E-state index is 3.89. The molecular formula is C7H10N4. The molecule has 0 radical (unpaired) electrons. The molecule has 0 aromatic carbocycles. The molecular weight excluding hydrogens is 140 g/mol. The van der Waals surface area contributed by atoms with Crippen LogP contribution in [0.2, 0.25) is 0 Å². The average Bonchev–Trinajstić information content (AvgIpc) is 2.55. The van der Waals surface area contributed by atoms with E-state index in [-0.39, 0.29) is 0 Å². The average molecular weight is 150 g/mol. The van der Waals surface area contributed by atoms with Crippen LogP contribution in [0.3, 0.4) is 0 Å². The third-order valence-corrected chi connectivity index (χ3v) is 1.14. The third-order valence-electron chi connectivity index (χ3n) is 1.14. The molecule has 2 aromatic heterocycles. The molecule has 2 rings (SSSR count). The highest BCUT2D eigenvalue weighted by molar-refractivity contribution is 5.75. The van der Waals surface area contributed by atoms with Crippen molar-refractivity contribution in [1.82, 2.24) is 20.4 Å². The molecule has 0 aliphatic carbocycles. The van der Waals surface area contributed by atoms with Crippen LogP contribution in [-0.2, 0) is 0 Å². The van der Waals surface area contributed by atoms with E-state index in [0.29, 0.717) is 0 Å². The molecule has 0 aliphatic rings. The summed E-state index contributed by atoms with van der Waals surface area (Å²) < 4.78 is 0. The van der Waals surface area contributed by atoms with Gasteiger partial charge >= 0.3 is 0 Å². The van der Waals surface area contributed by atoms with Gasteiger partial charge in [-0.2, -0.15) is 15.3 Å². The number of nitrogens with zero attached hydrogens (tertiary/aromatic N) is 3. The molecule has 0 spiro atoms. The number of hydrogen-bond donors (Lipinski definition) is 1. The van der Waals surface area contributed by atoms with Gasteiger partial charge in [-0.25, -0.2) is 0 Å². The van der Waals surface area contributed by atoms with Crippen LogP contribution in [0.25, 0.3) is 10.9 Å². The fourth-order valence-electron chi connectivity index (χ4n) is 0.700. The third kappa shape index (κ3) is 1.52. The summed E-state index contributed by atoms with van der Waals surface area (Å²) in [6.45, 7) is 4.00. The van der Waals surface area contributed by atoms with Crippen molar-refractivity contribution < 1.29 is 0 Å². The van der Waals surface area contributed by atoms with Crippen molar-refractivity contribution >= 4 is 10.9 Å². The summed E-state index contributed by atoms with van der Waals surface area (Å²) in [5.41, 5.74) is 0.852. The molecule has 58 valence electrons. The first kappa shape index (κ1) is 7.65. The summed E-state index contributed by atoms with van der Waals surface area (Å²) in [5.74, 6) is 0. The lowest BCUT2D eigenvalue weighted by Crippen LogP contribution is -1.75. The molecule has 0 atom stereocenters. The van der Waals surface area contributed by atoms with E-state index in [0.717, 1.165) is 10.9 Å². The van der Waals surface area contributed by atoms with Gasteiger partial charge < -0.3 is 0 Å². The first-order valence-electron chi connectivity index (χ1n) is 3.57. The Labute approximate surface area is 64.7 Å². The van der Waals surface area contributed by atoms with Gasteiger partial charge in [0.25, 0.3) is 0 Å². The van der Waals surface area contributed by atoms with Gasteiger partial charge in [-0.3, -0.25) is 5.10 Å². The number of fused-ring (bicyclic) bond motifs is 1. The second kappa shape index (κ2) is 3.65. The van der Waals surface area contributed by atoms with Crippen molar-refractivity contribution in [3.05, 3.63) is 18.6 Å². The number of nitrogens with one attached hydrogen (secondary N) is 1. The number of aromatic nitrogens is 4. The summed E-state index contributed by atoms with van der Waals surface area (Å²) in [7, 11) is 0. The summed E-state index contributed by atoms with van der Waals surface area (Å²) in [4.78, 5) is 0. The second-order valence-corrected chi connectivity index (χ2v) is 1.71. The number of H-pyrrole nitrogens is 1. The largest absolute Gasteiger partial charge is 0.284 e. The Hall–Kier alpha value is -1.45. The Kier molecular flexibility index (Phi) is 2.54. The molecule has 11 heavy (non-hydrogen) atoms. The summed E-state index contributed by atoms with van der Waals surface area (Å²) in [6, 6.07) is 0. The van der Waals surface area contributed by atoms with Gasteiger partial charge in [0.2, 0.25) is 0 Å². The van der Waals surface area contributed by atoms with Crippen LogP contribution < -0.4 is 0 Å². The number of hydrogen-bond acceptors (Lipinski definition) is 3. The van der Waals surface area contributed by atoms with Gasteiger partial charge in [0.1, 0.15) is 5.52 Å². The van der Waals surface area contributed by atoms with Crippen molar-refractivity contribution in [3.8, 4) is 0 Å².